The van der Waals surface area contributed by atoms with Gasteiger partial charge in [-0.1, -0.05) is 13.8 Å². The van der Waals surface area contributed by atoms with E-state index < -0.39 is 31.4 Å². The second kappa shape index (κ2) is 6.55. The lowest BCUT2D eigenvalue weighted by atomic mass is 9.70. The molecule has 1 aromatic rings. The number of benzene rings is 1. The predicted molar refractivity (Wildman–Crippen MR) is 103 cm³/mol. The van der Waals surface area contributed by atoms with Crippen LogP contribution in [0.4, 0.5) is 5.69 Å². The summed E-state index contributed by atoms with van der Waals surface area (Å²) in [5.41, 5.74) is -1.05. The lowest BCUT2D eigenvalue weighted by Crippen LogP contribution is -2.43. The van der Waals surface area contributed by atoms with Gasteiger partial charge in [0.2, 0.25) is 15.9 Å². The van der Waals surface area contributed by atoms with Crippen molar-refractivity contribution >= 4 is 37.4 Å². The van der Waals surface area contributed by atoms with Crippen LogP contribution in [0.15, 0.2) is 29.2 Å². The molecular weight excluding hydrogens is 404 g/mol. The van der Waals surface area contributed by atoms with Gasteiger partial charge in [-0.3, -0.25) is 14.3 Å². The summed E-state index contributed by atoms with van der Waals surface area (Å²) in [4.78, 5) is 23.4. The molecule has 10 heteroatoms. The maximum Gasteiger partial charge on any atom is 0.264 e. The minimum Gasteiger partial charge on any atom is -0.299 e. The standard InChI is InChI=1S/C18H24N2O6S2/c1-12(21)19-28(25,26)15-6-4-14(5-7-15)20-27(23,24)11-18-9-8-13(10-16(18)22)17(18,2)3/h4-7,13,20H,8-11H2,1-3H3,(H,19,21). The minimum atomic E-state index is -3.99. The van der Waals surface area contributed by atoms with Gasteiger partial charge >= 0.3 is 0 Å². The smallest absolute Gasteiger partial charge is 0.264 e. The summed E-state index contributed by atoms with van der Waals surface area (Å²) < 4.78 is 53.7. The van der Waals surface area contributed by atoms with Crippen molar-refractivity contribution in [2.75, 3.05) is 10.5 Å². The predicted octanol–water partition coefficient (Wildman–Crippen LogP) is 1.65. The molecular formula is C18H24N2O6S2. The van der Waals surface area contributed by atoms with Gasteiger partial charge in [-0.2, -0.15) is 0 Å². The summed E-state index contributed by atoms with van der Waals surface area (Å²) >= 11 is 0. The molecule has 8 nitrogen and oxygen atoms in total. The van der Waals surface area contributed by atoms with E-state index in [1.165, 1.54) is 24.3 Å². The normalized spacial score (nSPS) is 26.2. The Hall–Kier alpha value is -1.94. The molecule has 0 aromatic heterocycles. The number of ketones is 1. The average Bonchev–Trinajstić information content (AvgIpc) is 2.87. The molecule has 0 radical (unpaired) electrons. The van der Waals surface area contributed by atoms with Crippen molar-refractivity contribution in [2.45, 2.75) is 44.9 Å². The van der Waals surface area contributed by atoms with Gasteiger partial charge in [0.1, 0.15) is 5.78 Å². The number of hydrogen-bond acceptors (Lipinski definition) is 6. The van der Waals surface area contributed by atoms with Crippen LogP contribution in [0.25, 0.3) is 0 Å². The number of hydrogen-bond donors (Lipinski definition) is 2. The molecule has 2 fully saturated rings. The fourth-order valence-corrected chi connectivity index (χ4v) is 7.48. The molecule has 2 atom stereocenters. The van der Waals surface area contributed by atoms with Crippen LogP contribution in [0.2, 0.25) is 0 Å². The summed E-state index contributed by atoms with van der Waals surface area (Å²) in [6, 6.07) is 5.03. The van der Waals surface area contributed by atoms with Crippen LogP contribution in [0.5, 0.6) is 0 Å². The number of Topliss-reactive ketones (excluding diaryl/α,β-unsaturated/α-hetero) is 1. The van der Waals surface area contributed by atoms with E-state index in [0.29, 0.717) is 12.8 Å². The molecule has 154 valence electrons. The van der Waals surface area contributed by atoms with Crippen LogP contribution in [-0.2, 0) is 29.6 Å². The van der Waals surface area contributed by atoms with Crippen LogP contribution in [0, 0.1) is 16.7 Å². The average molecular weight is 429 g/mol. The topological polar surface area (TPSA) is 126 Å². The molecule has 2 aliphatic carbocycles. The first-order chi connectivity index (χ1) is 12.8. The van der Waals surface area contributed by atoms with Crippen LogP contribution in [0.3, 0.4) is 0 Å². The highest BCUT2D eigenvalue weighted by Gasteiger charge is 2.65. The third-order valence-electron chi connectivity index (χ3n) is 6.29. The number of nitrogens with one attached hydrogen (secondary N) is 2. The Balaban J connectivity index is 1.78. The van der Waals surface area contributed by atoms with E-state index in [9.17, 15) is 26.4 Å². The highest BCUT2D eigenvalue weighted by Crippen LogP contribution is 2.64. The maximum atomic E-state index is 12.8. The number of fused-ring (bicyclic) bond motifs is 2. The zero-order chi connectivity index (χ0) is 21.0. The molecule has 0 heterocycles. The molecule has 28 heavy (non-hydrogen) atoms. The maximum absolute atomic E-state index is 12.8. The summed E-state index contributed by atoms with van der Waals surface area (Å²) in [5, 5.41) is 0. The van der Waals surface area contributed by atoms with Gasteiger partial charge < -0.3 is 0 Å². The molecule has 2 bridgehead atoms. The second-order valence-corrected chi connectivity index (χ2v) is 11.6. The third kappa shape index (κ3) is 3.43. The fourth-order valence-electron chi connectivity index (χ4n) is 4.60. The quantitative estimate of drug-likeness (QED) is 0.709. The largest absolute Gasteiger partial charge is 0.299 e. The molecule has 0 aliphatic heterocycles. The van der Waals surface area contributed by atoms with Crippen LogP contribution in [-0.4, -0.2) is 34.3 Å². The van der Waals surface area contributed by atoms with Crippen LogP contribution >= 0.6 is 0 Å². The molecule has 0 spiro atoms. The molecule has 2 N–H and O–H groups in total. The number of amides is 1. The highest BCUT2D eigenvalue weighted by atomic mass is 32.2. The van der Waals surface area contributed by atoms with Crippen molar-refractivity contribution < 1.29 is 26.4 Å². The van der Waals surface area contributed by atoms with E-state index in [4.69, 9.17) is 0 Å². The van der Waals surface area contributed by atoms with E-state index in [2.05, 4.69) is 4.72 Å². The Labute approximate surface area is 165 Å². The van der Waals surface area contributed by atoms with E-state index in [1.54, 1.807) is 0 Å². The molecule has 2 aliphatic rings. The number of anilines is 1. The van der Waals surface area contributed by atoms with Crippen molar-refractivity contribution in [3.8, 4) is 0 Å². The first-order valence-corrected chi connectivity index (χ1v) is 12.1. The van der Waals surface area contributed by atoms with Crippen LogP contribution < -0.4 is 9.44 Å². The lowest BCUT2D eigenvalue weighted by Gasteiger charge is -2.36. The van der Waals surface area contributed by atoms with Crippen LogP contribution in [0.1, 0.15) is 40.0 Å². The van der Waals surface area contributed by atoms with Gasteiger partial charge in [0.05, 0.1) is 16.1 Å². The number of carbonyl (C=O) groups excluding carboxylic acids is 2. The zero-order valence-corrected chi connectivity index (χ0v) is 17.6. The van der Waals surface area contributed by atoms with Gasteiger partial charge in [-0.15, -0.1) is 0 Å². The minimum absolute atomic E-state index is 0.0101. The summed E-state index contributed by atoms with van der Waals surface area (Å²) in [5.74, 6) is -0.777. The van der Waals surface area contributed by atoms with Gasteiger partial charge in [0.25, 0.3) is 10.0 Å². The lowest BCUT2D eigenvalue weighted by molar-refractivity contribution is -0.128. The third-order valence-corrected chi connectivity index (χ3v) is 9.16. The van der Waals surface area contributed by atoms with Crippen molar-refractivity contribution in [1.29, 1.82) is 0 Å². The Kier molecular flexibility index (Phi) is 4.86. The van der Waals surface area contributed by atoms with Crippen molar-refractivity contribution in [3.63, 3.8) is 0 Å². The fraction of sp³-hybridized carbons (Fsp3) is 0.556. The van der Waals surface area contributed by atoms with Gasteiger partial charge in [0.15, 0.2) is 0 Å². The number of rotatable bonds is 6. The van der Waals surface area contributed by atoms with Crippen molar-refractivity contribution in [1.82, 2.24) is 4.72 Å². The van der Waals surface area contributed by atoms with E-state index in [1.807, 2.05) is 18.6 Å². The molecule has 1 amide bonds. The van der Waals surface area contributed by atoms with E-state index in [0.717, 1.165) is 13.3 Å². The molecule has 3 rings (SSSR count). The molecule has 0 saturated heterocycles. The molecule has 1 aromatic carbocycles. The number of carbonyl (C=O) groups is 2. The van der Waals surface area contributed by atoms with Crippen molar-refractivity contribution in [3.05, 3.63) is 24.3 Å². The summed E-state index contributed by atoms with van der Waals surface area (Å²) in [6.07, 6.45) is 1.85. The second-order valence-electron chi connectivity index (χ2n) is 8.21. The summed E-state index contributed by atoms with van der Waals surface area (Å²) in [6.45, 7) is 5.01. The monoisotopic (exact) mass is 428 g/mol. The van der Waals surface area contributed by atoms with Gasteiger partial charge in [-0.25, -0.2) is 21.6 Å². The van der Waals surface area contributed by atoms with E-state index >= 15 is 0 Å². The molecule has 2 saturated carbocycles. The Morgan fingerprint density at radius 2 is 1.75 bits per heavy atom. The Bertz CT molecular complexity index is 1030. The highest BCUT2D eigenvalue weighted by molar-refractivity contribution is 7.92. The molecule has 2 unspecified atom stereocenters. The van der Waals surface area contributed by atoms with Crippen molar-refractivity contribution in [2.24, 2.45) is 16.7 Å². The number of sulfonamides is 2. The Morgan fingerprint density at radius 3 is 2.21 bits per heavy atom. The first kappa shape index (κ1) is 20.8. The first-order valence-electron chi connectivity index (χ1n) is 8.96. The van der Waals surface area contributed by atoms with Gasteiger partial charge in [0, 0.05) is 19.0 Å². The summed E-state index contributed by atoms with van der Waals surface area (Å²) in [7, 11) is -7.81. The van der Waals surface area contributed by atoms with Gasteiger partial charge in [-0.05, 0) is 48.4 Å². The van der Waals surface area contributed by atoms with E-state index in [-0.39, 0.29) is 33.5 Å². The SMILES string of the molecule is CC(=O)NS(=O)(=O)c1ccc(NS(=O)(=O)CC23CCC(CC2=O)C3(C)C)cc1. The zero-order valence-electron chi connectivity index (χ0n) is 16.0. The Morgan fingerprint density at radius 1 is 1.14 bits per heavy atom.